The van der Waals surface area contributed by atoms with Crippen molar-refractivity contribution in [2.24, 2.45) is 0 Å². The van der Waals surface area contributed by atoms with E-state index >= 15 is 0 Å². The van der Waals surface area contributed by atoms with Crippen molar-refractivity contribution in [3.05, 3.63) is 53.6 Å². The summed E-state index contributed by atoms with van der Waals surface area (Å²) in [5.41, 5.74) is 1.69. The first kappa shape index (κ1) is 20.5. The molecule has 0 saturated heterocycles. The van der Waals surface area contributed by atoms with Crippen molar-refractivity contribution in [1.29, 1.82) is 0 Å². The van der Waals surface area contributed by atoms with Crippen LogP contribution >= 0.6 is 0 Å². The normalized spacial score (nSPS) is 13.1. The lowest BCUT2D eigenvalue weighted by molar-refractivity contribution is -0.127. The van der Waals surface area contributed by atoms with Crippen LogP contribution in [-0.4, -0.2) is 37.8 Å². The van der Waals surface area contributed by atoms with E-state index < -0.39 is 6.10 Å². The van der Waals surface area contributed by atoms with Gasteiger partial charge in [-0.3, -0.25) is 9.59 Å². The standard InChI is InChI=1S/C22H26N2O5/c1-14(2)16-4-7-18(8-5-16)29-15(3)21(25)23-10-11-24-22(26)17-6-9-19-20(12-17)28-13-27-19/h4-9,12,14-15H,10-11,13H2,1-3H3,(H,23,25)(H,24,26). The van der Waals surface area contributed by atoms with Crippen LogP contribution in [0.3, 0.4) is 0 Å². The van der Waals surface area contributed by atoms with Gasteiger partial charge < -0.3 is 24.8 Å². The van der Waals surface area contributed by atoms with Crippen LogP contribution in [0.5, 0.6) is 17.2 Å². The molecule has 0 radical (unpaired) electrons. The van der Waals surface area contributed by atoms with Crippen LogP contribution in [0.2, 0.25) is 0 Å². The quantitative estimate of drug-likeness (QED) is 0.668. The van der Waals surface area contributed by atoms with E-state index in [2.05, 4.69) is 24.5 Å². The molecular formula is C22H26N2O5. The number of fused-ring (bicyclic) bond motifs is 1. The molecule has 1 aliphatic rings. The summed E-state index contributed by atoms with van der Waals surface area (Å²) >= 11 is 0. The average Bonchev–Trinajstić information content (AvgIpc) is 3.19. The number of carbonyl (C=O) groups is 2. The minimum atomic E-state index is -0.635. The molecule has 2 aromatic rings. The zero-order valence-corrected chi connectivity index (χ0v) is 16.9. The lowest BCUT2D eigenvalue weighted by atomic mass is 10.0. The second-order valence-corrected chi connectivity index (χ2v) is 7.10. The Hall–Kier alpha value is -3.22. The summed E-state index contributed by atoms with van der Waals surface area (Å²) in [6.07, 6.45) is -0.635. The second-order valence-electron chi connectivity index (χ2n) is 7.10. The lowest BCUT2D eigenvalue weighted by Gasteiger charge is -2.15. The second kappa shape index (κ2) is 9.32. The molecule has 3 rings (SSSR count). The maximum absolute atomic E-state index is 12.2. The van der Waals surface area contributed by atoms with Crippen molar-refractivity contribution in [1.82, 2.24) is 10.6 Å². The van der Waals surface area contributed by atoms with Crippen molar-refractivity contribution in [3.63, 3.8) is 0 Å². The summed E-state index contributed by atoms with van der Waals surface area (Å²) in [4.78, 5) is 24.4. The average molecular weight is 398 g/mol. The Balaban J connectivity index is 1.39. The summed E-state index contributed by atoms with van der Waals surface area (Å²) in [7, 11) is 0. The number of hydrogen-bond acceptors (Lipinski definition) is 5. The highest BCUT2D eigenvalue weighted by Gasteiger charge is 2.17. The summed E-state index contributed by atoms with van der Waals surface area (Å²) in [6, 6.07) is 12.7. The summed E-state index contributed by atoms with van der Waals surface area (Å²) in [5, 5.41) is 5.52. The Morgan fingerprint density at radius 3 is 2.38 bits per heavy atom. The van der Waals surface area contributed by atoms with Gasteiger partial charge in [0.15, 0.2) is 17.6 Å². The smallest absolute Gasteiger partial charge is 0.260 e. The van der Waals surface area contributed by atoms with Crippen molar-refractivity contribution in [2.45, 2.75) is 32.8 Å². The van der Waals surface area contributed by atoms with Gasteiger partial charge in [0.2, 0.25) is 6.79 Å². The van der Waals surface area contributed by atoms with E-state index in [4.69, 9.17) is 14.2 Å². The number of benzene rings is 2. The molecule has 0 bridgehead atoms. The molecule has 1 heterocycles. The maximum Gasteiger partial charge on any atom is 0.260 e. The lowest BCUT2D eigenvalue weighted by Crippen LogP contribution is -2.40. The third-order valence-electron chi connectivity index (χ3n) is 4.57. The van der Waals surface area contributed by atoms with Gasteiger partial charge in [0.05, 0.1) is 0 Å². The molecule has 0 aromatic heterocycles. The number of rotatable bonds is 8. The molecule has 7 nitrogen and oxygen atoms in total. The highest BCUT2D eigenvalue weighted by Crippen LogP contribution is 2.32. The fourth-order valence-electron chi connectivity index (χ4n) is 2.83. The van der Waals surface area contributed by atoms with E-state index in [0.29, 0.717) is 41.8 Å². The first-order valence-corrected chi connectivity index (χ1v) is 9.66. The topological polar surface area (TPSA) is 85.9 Å². The number of ether oxygens (including phenoxy) is 3. The molecular weight excluding hydrogens is 372 g/mol. The molecule has 2 N–H and O–H groups in total. The SMILES string of the molecule is CC(Oc1ccc(C(C)C)cc1)C(=O)NCCNC(=O)c1ccc2c(c1)OCO2. The van der Waals surface area contributed by atoms with Crippen LogP contribution in [0.4, 0.5) is 0 Å². The number of carbonyl (C=O) groups excluding carboxylic acids is 2. The Morgan fingerprint density at radius 2 is 1.66 bits per heavy atom. The molecule has 0 saturated carbocycles. The molecule has 0 spiro atoms. The molecule has 154 valence electrons. The molecule has 0 fully saturated rings. The van der Waals surface area contributed by atoms with Crippen LogP contribution in [-0.2, 0) is 4.79 Å². The van der Waals surface area contributed by atoms with Gasteiger partial charge in [-0.05, 0) is 48.7 Å². The molecule has 1 atom stereocenters. The van der Waals surface area contributed by atoms with Crippen LogP contribution in [0.15, 0.2) is 42.5 Å². The zero-order chi connectivity index (χ0) is 20.8. The van der Waals surface area contributed by atoms with Crippen molar-refractivity contribution in [2.75, 3.05) is 19.9 Å². The Bertz CT molecular complexity index is 864. The van der Waals surface area contributed by atoms with Crippen molar-refractivity contribution in [3.8, 4) is 17.2 Å². The van der Waals surface area contributed by atoms with Crippen LogP contribution in [0, 0.1) is 0 Å². The van der Waals surface area contributed by atoms with Crippen LogP contribution in [0.25, 0.3) is 0 Å². The highest BCUT2D eigenvalue weighted by molar-refractivity contribution is 5.95. The monoisotopic (exact) mass is 398 g/mol. The largest absolute Gasteiger partial charge is 0.481 e. The summed E-state index contributed by atoms with van der Waals surface area (Å²) in [6.45, 7) is 6.70. The molecule has 2 amide bonds. The fraction of sp³-hybridized carbons (Fsp3) is 0.364. The summed E-state index contributed by atoms with van der Waals surface area (Å²) in [5.74, 6) is 1.79. The Kier molecular flexibility index (Phi) is 6.59. The number of hydrogen-bond donors (Lipinski definition) is 2. The van der Waals surface area contributed by atoms with E-state index in [1.54, 1.807) is 25.1 Å². The minimum absolute atomic E-state index is 0.161. The first-order chi connectivity index (χ1) is 13.9. The third-order valence-corrected chi connectivity index (χ3v) is 4.57. The predicted octanol–water partition coefficient (Wildman–Crippen LogP) is 2.85. The van der Waals surface area contributed by atoms with Gasteiger partial charge in [-0.15, -0.1) is 0 Å². The first-order valence-electron chi connectivity index (χ1n) is 9.66. The number of nitrogens with one attached hydrogen (secondary N) is 2. The van der Waals surface area contributed by atoms with Gasteiger partial charge in [0.1, 0.15) is 5.75 Å². The van der Waals surface area contributed by atoms with Gasteiger partial charge in [0, 0.05) is 18.7 Å². The van der Waals surface area contributed by atoms with Gasteiger partial charge >= 0.3 is 0 Å². The van der Waals surface area contributed by atoms with Gasteiger partial charge in [-0.2, -0.15) is 0 Å². The highest BCUT2D eigenvalue weighted by atomic mass is 16.7. The fourth-order valence-corrected chi connectivity index (χ4v) is 2.83. The molecule has 7 heteroatoms. The zero-order valence-electron chi connectivity index (χ0n) is 16.9. The van der Waals surface area contributed by atoms with Gasteiger partial charge in [-0.25, -0.2) is 0 Å². The van der Waals surface area contributed by atoms with E-state index in [0.717, 1.165) is 0 Å². The maximum atomic E-state index is 12.2. The van der Waals surface area contributed by atoms with Gasteiger partial charge in [0.25, 0.3) is 11.8 Å². The molecule has 1 unspecified atom stereocenters. The van der Waals surface area contributed by atoms with E-state index in [9.17, 15) is 9.59 Å². The van der Waals surface area contributed by atoms with Crippen LogP contribution in [0.1, 0.15) is 42.6 Å². The molecule has 1 aliphatic heterocycles. The third kappa shape index (κ3) is 5.40. The van der Waals surface area contributed by atoms with Crippen molar-refractivity contribution >= 4 is 11.8 Å². The molecule has 29 heavy (non-hydrogen) atoms. The van der Waals surface area contributed by atoms with E-state index in [1.165, 1.54) is 5.56 Å². The molecule has 2 aromatic carbocycles. The molecule has 0 aliphatic carbocycles. The predicted molar refractivity (Wildman–Crippen MR) is 109 cm³/mol. The van der Waals surface area contributed by atoms with Crippen LogP contribution < -0.4 is 24.8 Å². The van der Waals surface area contributed by atoms with E-state index in [1.807, 2.05) is 24.3 Å². The Morgan fingerprint density at radius 1 is 0.966 bits per heavy atom. The van der Waals surface area contributed by atoms with E-state index in [-0.39, 0.29) is 18.6 Å². The minimum Gasteiger partial charge on any atom is -0.481 e. The Labute approximate surface area is 170 Å². The summed E-state index contributed by atoms with van der Waals surface area (Å²) < 4.78 is 16.2. The van der Waals surface area contributed by atoms with Gasteiger partial charge in [-0.1, -0.05) is 26.0 Å². The number of amides is 2. The van der Waals surface area contributed by atoms with Crippen molar-refractivity contribution < 1.29 is 23.8 Å².